The van der Waals surface area contributed by atoms with E-state index in [0.717, 1.165) is 11.5 Å². The smallest absolute Gasteiger partial charge is 0.119 e. The van der Waals surface area contributed by atoms with Crippen LogP contribution in [0, 0.1) is 17.8 Å². The lowest BCUT2D eigenvalue weighted by molar-refractivity contribution is 0.0192. The van der Waals surface area contributed by atoms with Crippen LogP contribution in [-0.4, -0.2) is 24.9 Å². The third-order valence-corrected chi connectivity index (χ3v) is 2.88. The Morgan fingerprint density at radius 2 is 1.83 bits per heavy atom. The molecule has 1 aromatic carbocycles. The maximum absolute atomic E-state index is 9.89. The van der Waals surface area contributed by atoms with Gasteiger partial charge in [0.25, 0.3) is 0 Å². The fourth-order valence-corrected chi connectivity index (χ4v) is 1.43. The number of rotatable bonds is 6. The van der Waals surface area contributed by atoms with Crippen LogP contribution in [0.4, 0.5) is 0 Å². The summed E-state index contributed by atoms with van der Waals surface area (Å²) in [7, 11) is 1.62. The molecule has 3 nitrogen and oxygen atoms in total. The second-order valence-electron chi connectivity index (χ2n) is 4.88. The summed E-state index contributed by atoms with van der Waals surface area (Å²) in [4.78, 5) is 0. The SMILES string of the molecule is C#CC[C@@H](O)C(C)(C)COc1ccc(OC)cc1. The fraction of sp³-hybridized carbons (Fsp3) is 0.467. The molecule has 3 heteroatoms. The van der Waals surface area contributed by atoms with Crippen molar-refractivity contribution < 1.29 is 14.6 Å². The minimum atomic E-state index is -0.569. The Labute approximate surface area is 109 Å². The molecule has 1 atom stereocenters. The van der Waals surface area contributed by atoms with Gasteiger partial charge in [0.1, 0.15) is 11.5 Å². The van der Waals surface area contributed by atoms with Crippen molar-refractivity contribution in [2.45, 2.75) is 26.4 Å². The summed E-state index contributed by atoms with van der Waals surface area (Å²) in [6.07, 6.45) is 4.96. The number of aliphatic hydroxyl groups excluding tert-OH is 1. The molecule has 0 spiro atoms. The summed E-state index contributed by atoms with van der Waals surface area (Å²) in [6, 6.07) is 7.34. The van der Waals surface area contributed by atoms with Crippen LogP contribution in [-0.2, 0) is 0 Å². The molecule has 0 aliphatic carbocycles. The van der Waals surface area contributed by atoms with Crippen LogP contribution in [0.3, 0.4) is 0 Å². The average molecular weight is 248 g/mol. The molecule has 0 fully saturated rings. The van der Waals surface area contributed by atoms with Crippen molar-refractivity contribution in [3.63, 3.8) is 0 Å². The topological polar surface area (TPSA) is 38.7 Å². The molecule has 0 aliphatic rings. The van der Waals surface area contributed by atoms with Crippen LogP contribution in [0.25, 0.3) is 0 Å². The highest BCUT2D eigenvalue weighted by molar-refractivity contribution is 5.31. The molecule has 1 N–H and O–H groups in total. The van der Waals surface area contributed by atoms with E-state index in [1.807, 2.05) is 38.1 Å². The minimum absolute atomic E-state index is 0.332. The molecule has 0 saturated heterocycles. The monoisotopic (exact) mass is 248 g/mol. The van der Waals surface area contributed by atoms with Crippen LogP contribution in [0.2, 0.25) is 0 Å². The van der Waals surface area contributed by atoms with Crippen molar-refractivity contribution in [1.29, 1.82) is 0 Å². The highest BCUT2D eigenvalue weighted by Gasteiger charge is 2.28. The molecule has 0 unspecified atom stereocenters. The zero-order valence-corrected chi connectivity index (χ0v) is 11.1. The van der Waals surface area contributed by atoms with Crippen molar-refractivity contribution in [3.05, 3.63) is 24.3 Å². The summed E-state index contributed by atoms with van der Waals surface area (Å²) in [5.41, 5.74) is -0.383. The van der Waals surface area contributed by atoms with Gasteiger partial charge in [-0.2, -0.15) is 0 Å². The predicted molar refractivity (Wildman–Crippen MR) is 71.7 cm³/mol. The Hall–Kier alpha value is -1.66. The van der Waals surface area contributed by atoms with E-state index in [1.54, 1.807) is 7.11 Å². The maximum atomic E-state index is 9.89. The van der Waals surface area contributed by atoms with Crippen LogP contribution in [0.1, 0.15) is 20.3 Å². The Kier molecular flexibility index (Phi) is 5.06. The zero-order chi connectivity index (χ0) is 13.6. The van der Waals surface area contributed by atoms with Gasteiger partial charge < -0.3 is 14.6 Å². The van der Waals surface area contributed by atoms with Gasteiger partial charge in [-0.15, -0.1) is 12.3 Å². The number of aliphatic hydroxyl groups is 1. The fourth-order valence-electron chi connectivity index (χ4n) is 1.43. The van der Waals surface area contributed by atoms with Crippen LogP contribution in [0.15, 0.2) is 24.3 Å². The van der Waals surface area contributed by atoms with E-state index in [4.69, 9.17) is 15.9 Å². The number of terminal acetylenes is 1. The van der Waals surface area contributed by atoms with Crippen molar-refractivity contribution in [2.24, 2.45) is 5.41 Å². The van der Waals surface area contributed by atoms with E-state index in [0.29, 0.717) is 13.0 Å². The summed E-state index contributed by atoms with van der Waals surface area (Å²) in [5.74, 6) is 4.00. The standard InChI is InChI=1S/C15H20O3/c1-5-6-14(16)15(2,3)11-18-13-9-7-12(17-4)8-10-13/h1,7-10,14,16H,6,11H2,2-4H3/t14-/m1/s1. The van der Waals surface area contributed by atoms with E-state index in [1.165, 1.54) is 0 Å². The lowest BCUT2D eigenvalue weighted by Gasteiger charge is -2.29. The zero-order valence-electron chi connectivity index (χ0n) is 11.1. The Balaban J connectivity index is 2.55. The van der Waals surface area contributed by atoms with Gasteiger partial charge in [-0.3, -0.25) is 0 Å². The predicted octanol–water partition coefficient (Wildman–Crippen LogP) is 2.48. The first-order chi connectivity index (χ1) is 8.49. The third kappa shape index (κ3) is 3.97. The second-order valence-corrected chi connectivity index (χ2v) is 4.88. The van der Waals surface area contributed by atoms with E-state index < -0.39 is 6.10 Å². The molecule has 0 saturated carbocycles. The van der Waals surface area contributed by atoms with Gasteiger partial charge in [0.2, 0.25) is 0 Å². The van der Waals surface area contributed by atoms with Gasteiger partial charge in [0, 0.05) is 11.8 Å². The van der Waals surface area contributed by atoms with Crippen LogP contribution >= 0.6 is 0 Å². The van der Waals surface area contributed by atoms with Gasteiger partial charge in [0.05, 0.1) is 19.8 Å². The summed E-state index contributed by atoms with van der Waals surface area (Å²) in [5, 5.41) is 9.89. The van der Waals surface area contributed by atoms with Gasteiger partial charge in [-0.1, -0.05) is 13.8 Å². The maximum Gasteiger partial charge on any atom is 0.119 e. The Bertz CT molecular complexity index is 401. The molecular weight excluding hydrogens is 228 g/mol. The lowest BCUT2D eigenvalue weighted by Crippen LogP contribution is -2.34. The first kappa shape index (κ1) is 14.4. The van der Waals surface area contributed by atoms with Crippen molar-refractivity contribution >= 4 is 0 Å². The van der Waals surface area contributed by atoms with Crippen molar-refractivity contribution in [1.82, 2.24) is 0 Å². The first-order valence-electron chi connectivity index (χ1n) is 5.88. The summed E-state index contributed by atoms with van der Waals surface area (Å²) < 4.78 is 10.7. The molecular formula is C15H20O3. The molecule has 0 bridgehead atoms. The summed E-state index contributed by atoms with van der Waals surface area (Å²) in [6.45, 7) is 4.26. The average Bonchev–Trinajstić information content (AvgIpc) is 2.37. The van der Waals surface area contributed by atoms with Crippen LogP contribution < -0.4 is 9.47 Å². The molecule has 18 heavy (non-hydrogen) atoms. The normalized spacial score (nSPS) is 12.6. The number of hydrogen-bond donors (Lipinski definition) is 1. The lowest BCUT2D eigenvalue weighted by atomic mass is 9.86. The molecule has 0 aliphatic heterocycles. The third-order valence-electron chi connectivity index (χ3n) is 2.88. The minimum Gasteiger partial charge on any atom is -0.497 e. The van der Waals surface area contributed by atoms with Gasteiger partial charge in [0.15, 0.2) is 0 Å². The molecule has 1 aromatic rings. The highest BCUT2D eigenvalue weighted by atomic mass is 16.5. The second kappa shape index (κ2) is 6.32. The largest absolute Gasteiger partial charge is 0.497 e. The molecule has 0 radical (unpaired) electrons. The first-order valence-corrected chi connectivity index (χ1v) is 5.88. The number of ether oxygens (including phenoxy) is 2. The van der Waals surface area contributed by atoms with E-state index >= 15 is 0 Å². The van der Waals surface area contributed by atoms with Crippen molar-refractivity contribution in [2.75, 3.05) is 13.7 Å². The van der Waals surface area contributed by atoms with Crippen molar-refractivity contribution in [3.8, 4) is 23.8 Å². The Morgan fingerprint density at radius 1 is 1.28 bits per heavy atom. The van der Waals surface area contributed by atoms with Gasteiger partial charge in [-0.25, -0.2) is 0 Å². The number of methoxy groups -OCH3 is 1. The molecule has 98 valence electrons. The van der Waals surface area contributed by atoms with Gasteiger partial charge >= 0.3 is 0 Å². The molecule has 1 rings (SSSR count). The van der Waals surface area contributed by atoms with E-state index in [9.17, 15) is 5.11 Å². The quantitative estimate of drug-likeness (QED) is 0.786. The molecule has 0 aromatic heterocycles. The van der Waals surface area contributed by atoms with Crippen LogP contribution in [0.5, 0.6) is 11.5 Å². The van der Waals surface area contributed by atoms with Gasteiger partial charge in [-0.05, 0) is 24.3 Å². The number of benzene rings is 1. The molecule has 0 amide bonds. The van der Waals surface area contributed by atoms with E-state index in [2.05, 4.69) is 5.92 Å². The number of hydrogen-bond acceptors (Lipinski definition) is 3. The Morgan fingerprint density at radius 3 is 2.33 bits per heavy atom. The highest BCUT2D eigenvalue weighted by Crippen LogP contribution is 2.25. The summed E-state index contributed by atoms with van der Waals surface area (Å²) >= 11 is 0. The molecule has 0 heterocycles. The van der Waals surface area contributed by atoms with E-state index in [-0.39, 0.29) is 5.41 Å².